The van der Waals surface area contributed by atoms with Crippen LogP contribution < -0.4 is 14.8 Å². The number of methoxy groups -OCH3 is 2. The maximum absolute atomic E-state index is 13.1. The Balaban J connectivity index is 1.86. The van der Waals surface area contributed by atoms with E-state index in [9.17, 15) is 10.2 Å². The first-order chi connectivity index (χ1) is 17.5. The van der Waals surface area contributed by atoms with Crippen molar-refractivity contribution < 1.29 is 14.3 Å². The maximum atomic E-state index is 13.1. The molecule has 37 heavy (non-hydrogen) atoms. The minimum absolute atomic E-state index is 0.102. The predicted octanol–water partition coefficient (Wildman–Crippen LogP) is 4.91. The number of ether oxygens (including phenoxy) is 2. The summed E-state index contributed by atoms with van der Waals surface area (Å²) < 4.78 is 11.4. The van der Waals surface area contributed by atoms with Crippen LogP contribution in [-0.4, -0.2) is 68.0 Å². The lowest BCUT2D eigenvalue weighted by atomic mass is 9.78. The molecule has 202 valence electrons. The summed E-state index contributed by atoms with van der Waals surface area (Å²) in [6.45, 7) is 10.2. The SMILES string of the molecule is COc1cccc(C(C(=N)N(C)CCc2ccccc2)N2CCC(C)(C(=O)NC(C)(C)C)CC2)c1OC. The van der Waals surface area contributed by atoms with E-state index in [2.05, 4.69) is 29.3 Å². The molecule has 1 amide bonds. The highest BCUT2D eigenvalue weighted by Crippen LogP contribution is 2.41. The molecule has 1 heterocycles. The van der Waals surface area contributed by atoms with Gasteiger partial charge in [0.05, 0.1) is 20.3 Å². The third-order valence-electron chi connectivity index (χ3n) is 7.28. The van der Waals surface area contributed by atoms with Crippen LogP contribution >= 0.6 is 0 Å². The molecule has 0 aliphatic carbocycles. The minimum Gasteiger partial charge on any atom is -0.493 e. The van der Waals surface area contributed by atoms with E-state index in [4.69, 9.17) is 9.47 Å². The zero-order valence-corrected chi connectivity index (χ0v) is 23.6. The van der Waals surface area contributed by atoms with Gasteiger partial charge in [-0.05, 0) is 51.7 Å². The smallest absolute Gasteiger partial charge is 0.226 e. The van der Waals surface area contributed by atoms with Gasteiger partial charge in [0.15, 0.2) is 11.5 Å². The van der Waals surface area contributed by atoms with Crippen LogP contribution in [0.15, 0.2) is 48.5 Å². The van der Waals surface area contributed by atoms with Gasteiger partial charge >= 0.3 is 0 Å². The first-order valence-electron chi connectivity index (χ1n) is 13.1. The van der Waals surface area contributed by atoms with Crippen molar-refractivity contribution in [2.24, 2.45) is 5.41 Å². The Morgan fingerprint density at radius 1 is 1.08 bits per heavy atom. The molecule has 1 fully saturated rings. The Morgan fingerprint density at radius 3 is 2.30 bits per heavy atom. The van der Waals surface area contributed by atoms with E-state index in [0.717, 1.165) is 31.4 Å². The van der Waals surface area contributed by atoms with Gasteiger partial charge in [-0.2, -0.15) is 0 Å². The second-order valence-corrected chi connectivity index (χ2v) is 11.3. The van der Waals surface area contributed by atoms with E-state index >= 15 is 0 Å². The third-order valence-corrected chi connectivity index (χ3v) is 7.28. The fourth-order valence-corrected chi connectivity index (χ4v) is 4.91. The summed E-state index contributed by atoms with van der Waals surface area (Å²) in [6.07, 6.45) is 2.30. The van der Waals surface area contributed by atoms with Gasteiger partial charge in [-0.25, -0.2) is 0 Å². The van der Waals surface area contributed by atoms with Crippen molar-refractivity contribution in [3.05, 3.63) is 59.7 Å². The highest BCUT2D eigenvalue weighted by molar-refractivity contribution is 5.87. The lowest BCUT2D eigenvalue weighted by molar-refractivity contribution is -0.134. The molecule has 7 heteroatoms. The monoisotopic (exact) mass is 508 g/mol. The zero-order chi connectivity index (χ0) is 27.2. The molecule has 0 radical (unpaired) electrons. The molecule has 2 N–H and O–H groups in total. The van der Waals surface area contributed by atoms with Gasteiger partial charge in [0, 0.05) is 43.2 Å². The summed E-state index contributed by atoms with van der Waals surface area (Å²) in [4.78, 5) is 17.4. The predicted molar refractivity (Wildman–Crippen MR) is 150 cm³/mol. The normalized spacial score (nSPS) is 16.5. The fourth-order valence-electron chi connectivity index (χ4n) is 4.91. The molecular weight excluding hydrogens is 464 g/mol. The average molecular weight is 509 g/mol. The van der Waals surface area contributed by atoms with Crippen molar-refractivity contribution in [2.75, 3.05) is 40.9 Å². The largest absolute Gasteiger partial charge is 0.493 e. The summed E-state index contributed by atoms with van der Waals surface area (Å²) >= 11 is 0. The number of carbonyl (C=O) groups is 1. The van der Waals surface area contributed by atoms with Crippen molar-refractivity contribution in [1.82, 2.24) is 15.1 Å². The summed E-state index contributed by atoms with van der Waals surface area (Å²) in [5.41, 5.74) is 1.45. The number of carbonyl (C=O) groups excluding carboxylic acids is 1. The maximum Gasteiger partial charge on any atom is 0.226 e. The van der Waals surface area contributed by atoms with Gasteiger partial charge in [0.1, 0.15) is 5.84 Å². The number of nitrogens with zero attached hydrogens (tertiary/aromatic N) is 2. The Bertz CT molecular complexity index is 1060. The molecule has 0 aromatic heterocycles. The Labute approximate surface area is 222 Å². The van der Waals surface area contributed by atoms with Gasteiger partial charge in [0.2, 0.25) is 5.91 Å². The van der Waals surface area contributed by atoms with Crippen LogP contribution in [0.3, 0.4) is 0 Å². The Kier molecular flexibility index (Phi) is 9.24. The molecule has 1 saturated heterocycles. The van der Waals surface area contributed by atoms with Crippen LogP contribution in [0.5, 0.6) is 11.5 Å². The third kappa shape index (κ3) is 7.04. The van der Waals surface area contributed by atoms with E-state index in [1.807, 2.05) is 69.1 Å². The Morgan fingerprint density at radius 2 is 1.73 bits per heavy atom. The number of amidine groups is 1. The number of nitrogens with one attached hydrogen (secondary N) is 2. The number of benzene rings is 2. The van der Waals surface area contributed by atoms with Gasteiger partial charge < -0.3 is 19.7 Å². The average Bonchev–Trinajstić information content (AvgIpc) is 2.87. The van der Waals surface area contributed by atoms with Crippen molar-refractivity contribution in [3.63, 3.8) is 0 Å². The second-order valence-electron chi connectivity index (χ2n) is 11.3. The first-order valence-corrected chi connectivity index (χ1v) is 13.1. The molecule has 0 spiro atoms. The van der Waals surface area contributed by atoms with Gasteiger partial charge in [-0.1, -0.05) is 49.4 Å². The van der Waals surface area contributed by atoms with E-state index in [0.29, 0.717) is 30.4 Å². The summed E-state index contributed by atoms with van der Waals surface area (Å²) in [7, 11) is 5.26. The molecule has 2 aromatic rings. The van der Waals surface area contributed by atoms with Crippen LogP contribution in [0.2, 0.25) is 0 Å². The number of hydrogen-bond donors (Lipinski definition) is 2. The van der Waals surface area contributed by atoms with Crippen LogP contribution in [0.4, 0.5) is 0 Å². The van der Waals surface area contributed by atoms with Crippen molar-refractivity contribution in [2.45, 2.75) is 58.5 Å². The summed E-state index contributed by atoms with van der Waals surface area (Å²) in [5, 5.41) is 12.5. The van der Waals surface area contributed by atoms with Gasteiger partial charge in [0.25, 0.3) is 0 Å². The van der Waals surface area contributed by atoms with Gasteiger partial charge in [-0.15, -0.1) is 0 Å². The van der Waals surface area contributed by atoms with E-state index in [-0.39, 0.29) is 17.5 Å². The van der Waals surface area contributed by atoms with E-state index in [1.54, 1.807) is 14.2 Å². The van der Waals surface area contributed by atoms with Gasteiger partial charge in [-0.3, -0.25) is 15.1 Å². The summed E-state index contributed by atoms with van der Waals surface area (Å²) in [5.74, 6) is 1.90. The molecule has 0 saturated carbocycles. The number of rotatable bonds is 9. The number of hydrogen-bond acceptors (Lipinski definition) is 5. The van der Waals surface area contributed by atoms with Crippen LogP contribution in [-0.2, 0) is 11.2 Å². The highest BCUT2D eigenvalue weighted by atomic mass is 16.5. The first kappa shape index (κ1) is 28.5. The van der Waals surface area contributed by atoms with Crippen LogP contribution in [0, 0.1) is 10.8 Å². The van der Waals surface area contributed by atoms with Crippen LogP contribution in [0.1, 0.15) is 57.7 Å². The number of piperidine rings is 1. The molecule has 1 unspecified atom stereocenters. The second kappa shape index (κ2) is 12.0. The number of likely N-dealkylation sites (tertiary alicyclic amines) is 1. The molecule has 2 aromatic carbocycles. The molecule has 1 atom stereocenters. The van der Waals surface area contributed by atoms with E-state index in [1.165, 1.54) is 5.56 Å². The molecule has 1 aliphatic heterocycles. The molecular formula is C30H44N4O3. The number of likely N-dealkylation sites (N-methyl/N-ethyl adjacent to an activating group) is 1. The fraction of sp³-hybridized carbons (Fsp3) is 0.533. The molecule has 0 bridgehead atoms. The lowest BCUT2D eigenvalue weighted by Crippen LogP contribution is -2.53. The molecule has 1 aliphatic rings. The highest BCUT2D eigenvalue weighted by Gasteiger charge is 2.41. The lowest BCUT2D eigenvalue weighted by Gasteiger charge is -2.44. The summed E-state index contributed by atoms with van der Waals surface area (Å²) in [6, 6.07) is 15.9. The minimum atomic E-state index is -0.436. The zero-order valence-electron chi connectivity index (χ0n) is 23.6. The quantitative estimate of drug-likeness (QED) is 0.372. The van der Waals surface area contributed by atoms with Crippen molar-refractivity contribution in [1.29, 1.82) is 5.41 Å². The van der Waals surface area contributed by atoms with Crippen molar-refractivity contribution in [3.8, 4) is 11.5 Å². The molecule has 3 rings (SSSR count). The topological polar surface area (TPSA) is 77.9 Å². The van der Waals surface area contributed by atoms with E-state index < -0.39 is 5.41 Å². The van der Waals surface area contributed by atoms with Crippen LogP contribution in [0.25, 0.3) is 0 Å². The van der Waals surface area contributed by atoms with Crippen molar-refractivity contribution >= 4 is 11.7 Å². The number of para-hydroxylation sites is 1. The Hall–Kier alpha value is -3.06. The molecule has 7 nitrogen and oxygen atoms in total. The standard InChI is InChI=1S/C30H44N4O3/c1-29(2,3)32-28(35)30(4)17-20-34(21-18-30)25(23-14-11-15-24(36-6)26(23)37-7)27(31)33(5)19-16-22-12-9-8-10-13-22/h8-15,25,31H,16-21H2,1-7H3,(H,32,35). The number of amides is 1.